The SMILES string of the molecule is CCOc1nc(N)nc2c1ncn2[C@@H]1O[C@@H]2CO[P@](=O)(N[C@@H](C)C(=O)OC(C)C)O[C@H]2[C@@]1(C)O. The van der Waals surface area contributed by atoms with Gasteiger partial charge in [-0.2, -0.15) is 9.97 Å². The fourth-order valence-electron chi connectivity index (χ4n) is 3.90. The van der Waals surface area contributed by atoms with Crippen LogP contribution in [0, 0.1) is 0 Å². The summed E-state index contributed by atoms with van der Waals surface area (Å²) in [5.41, 5.74) is 4.76. The van der Waals surface area contributed by atoms with Crippen LogP contribution in [0.3, 0.4) is 0 Å². The normalized spacial score (nSPS) is 32.0. The summed E-state index contributed by atoms with van der Waals surface area (Å²) in [5, 5.41) is 14.0. The monoisotopic (exact) mass is 500 g/mol. The van der Waals surface area contributed by atoms with E-state index in [1.807, 2.05) is 0 Å². The quantitative estimate of drug-likeness (QED) is 0.360. The van der Waals surface area contributed by atoms with E-state index in [0.717, 1.165) is 0 Å². The molecule has 2 saturated heterocycles. The average Bonchev–Trinajstić information content (AvgIpc) is 3.25. The standard InChI is InChI=1S/C19H29N6O8P/c1-6-29-15-12-14(22-18(20)23-15)25(8-21-12)17-19(5,27)13-11(32-17)7-30-34(28,33-13)24-10(4)16(26)31-9(2)3/h8-11,13,17,27H,6-7H2,1-5H3,(H,24,28)(H2,20,22,23)/t10-,11+,13+,17+,19+,34+/m0/s1. The number of carbonyl (C=O) groups excluding carboxylic acids is 1. The zero-order chi connectivity index (χ0) is 24.8. The molecule has 0 aromatic carbocycles. The van der Waals surface area contributed by atoms with Crippen molar-refractivity contribution in [3.05, 3.63) is 6.33 Å². The molecule has 2 aliphatic heterocycles. The summed E-state index contributed by atoms with van der Waals surface area (Å²) in [7, 11) is -3.97. The van der Waals surface area contributed by atoms with E-state index in [2.05, 4.69) is 20.0 Å². The minimum absolute atomic E-state index is 0.0386. The number of aromatic nitrogens is 4. The van der Waals surface area contributed by atoms with E-state index in [0.29, 0.717) is 12.1 Å². The zero-order valence-electron chi connectivity index (χ0n) is 19.5. The highest BCUT2D eigenvalue weighted by atomic mass is 31.2. The number of nitrogens with two attached hydrogens (primary N) is 1. The molecule has 34 heavy (non-hydrogen) atoms. The predicted molar refractivity (Wildman–Crippen MR) is 118 cm³/mol. The number of rotatable bonds is 7. The van der Waals surface area contributed by atoms with Gasteiger partial charge in [-0.25, -0.2) is 14.6 Å². The molecule has 4 N–H and O–H groups in total. The Labute approximate surface area is 195 Å². The van der Waals surface area contributed by atoms with Gasteiger partial charge in [0.2, 0.25) is 11.8 Å². The van der Waals surface area contributed by atoms with E-state index >= 15 is 0 Å². The highest BCUT2D eigenvalue weighted by Crippen LogP contribution is 2.56. The summed E-state index contributed by atoms with van der Waals surface area (Å²) in [6, 6.07) is -0.970. The van der Waals surface area contributed by atoms with Gasteiger partial charge in [-0.1, -0.05) is 0 Å². The van der Waals surface area contributed by atoms with Gasteiger partial charge in [0, 0.05) is 0 Å². The maximum absolute atomic E-state index is 13.2. The number of imidazole rings is 1. The minimum atomic E-state index is -3.97. The number of hydrogen-bond acceptors (Lipinski definition) is 12. The molecule has 4 rings (SSSR count). The Balaban J connectivity index is 1.58. The van der Waals surface area contributed by atoms with Crippen LogP contribution in [0.2, 0.25) is 0 Å². The summed E-state index contributed by atoms with van der Waals surface area (Å²) < 4.78 is 42.4. The van der Waals surface area contributed by atoms with Gasteiger partial charge in [-0.05, 0) is 34.6 Å². The van der Waals surface area contributed by atoms with Gasteiger partial charge >= 0.3 is 13.7 Å². The maximum atomic E-state index is 13.2. The van der Waals surface area contributed by atoms with Crippen LogP contribution >= 0.6 is 7.75 Å². The number of anilines is 1. The lowest BCUT2D eigenvalue weighted by Crippen LogP contribution is -2.49. The largest absolute Gasteiger partial charge is 0.476 e. The average molecular weight is 500 g/mol. The second-order valence-electron chi connectivity index (χ2n) is 8.55. The lowest BCUT2D eigenvalue weighted by molar-refractivity contribution is -0.149. The van der Waals surface area contributed by atoms with Crippen LogP contribution in [0.5, 0.6) is 5.88 Å². The van der Waals surface area contributed by atoms with Crippen molar-refractivity contribution in [3.8, 4) is 5.88 Å². The molecule has 2 aliphatic rings. The van der Waals surface area contributed by atoms with Crippen molar-refractivity contribution in [3.63, 3.8) is 0 Å². The summed E-state index contributed by atoms with van der Waals surface area (Å²) in [6.07, 6.45) is -1.77. The van der Waals surface area contributed by atoms with Gasteiger partial charge in [0.05, 0.1) is 25.6 Å². The van der Waals surface area contributed by atoms with Crippen LogP contribution in [0.1, 0.15) is 40.8 Å². The van der Waals surface area contributed by atoms with Crippen LogP contribution in [-0.4, -0.2) is 73.8 Å². The molecule has 0 amide bonds. The third-order valence-corrected chi connectivity index (χ3v) is 7.07. The number of hydrogen-bond donors (Lipinski definition) is 3. The van der Waals surface area contributed by atoms with Gasteiger partial charge < -0.3 is 25.1 Å². The molecule has 0 aliphatic carbocycles. The van der Waals surface area contributed by atoms with Crippen molar-refractivity contribution >= 4 is 30.8 Å². The van der Waals surface area contributed by atoms with Crippen LogP contribution in [0.25, 0.3) is 11.2 Å². The van der Waals surface area contributed by atoms with Crippen molar-refractivity contribution < 1.29 is 37.7 Å². The van der Waals surface area contributed by atoms with Crippen LogP contribution in [0.4, 0.5) is 5.95 Å². The predicted octanol–water partition coefficient (Wildman–Crippen LogP) is 0.909. The Hall–Kier alpha value is -2.35. The lowest BCUT2D eigenvalue weighted by Gasteiger charge is -2.36. The van der Waals surface area contributed by atoms with Crippen molar-refractivity contribution in [2.75, 3.05) is 18.9 Å². The Kier molecular flexibility index (Phi) is 6.57. The number of nitrogens with one attached hydrogen (secondary N) is 1. The van der Waals surface area contributed by atoms with E-state index in [1.54, 1.807) is 20.8 Å². The Morgan fingerprint density at radius 1 is 1.44 bits per heavy atom. The molecule has 2 aromatic heterocycles. The van der Waals surface area contributed by atoms with Crippen molar-refractivity contribution in [2.45, 2.75) is 70.8 Å². The van der Waals surface area contributed by atoms with E-state index in [1.165, 1.54) is 24.7 Å². The number of nitrogen functional groups attached to an aromatic ring is 1. The van der Waals surface area contributed by atoms with Crippen molar-refractivity contribution in [1.82, 2.24) is 24.6 Å². The lowest BCUT2D eigenvalue weighted by atomic mass is 9.96. The fourth-order valence-corrected chi connectivity index (χ4v) is 5.67. The molecule has 6 atom stereocenters. The van der Waals surface area contributed by atoms with Crippen LogP contribution < -0.4 is 15.6 Å². The van der Waals surface area contributed by atoms with Gasteiger partial charge in [0.15, 0.2) is 17.4 Å². The first kappa shape index (κ1) is 24.8. The van der Waals surface area contributed by atoms with Gasteiger partial charge in [0.25, 0.3) is 0 Å². The van der Waals surface area contributed by atoms with E-state index < -0.39 is 43.8 Å². The number of carbonyl (C=O) groups is 1. The second kappa shape index (κ2) is 9.02. The molecule has 4 heterocycles. The van der Waals surface area contributed by atoms with Gasteiger partial charge in [-0.3, -0.25) is 18.4 Å². The number of fused-ring (bicyclic) bond motifs is 2. The third-order valence-electron chi connectivity index (χ3n) is 5.38. The van der Waals surface area contributed by atoms with Crippen LogP contribution in [-0.2, 0) is 27.9 Å². The molecule has 188 valence electrons. The maximum Gasteiger partial charge on any atom is 0.406 e. The number of aliphatic hydroxyl groups is 1. The zero-order valence-corrected chi connectivity index (χ0v) is 20.4. The molecule has 0 bridgehead atoms. The van der Waals surface area contributed by atoms with Gasteiger partial charge in [0.1, 0.15) is 23.9 Å². The van der Waals surface area contributed by atoms with E-state index in [4.69, 9.17) is 29.0 Å². The molecule has 0 spiro atoms. The Morgan fingerprint density at radius 2 is 2.18 bits per heavy atom. The molecular formula is C19H29N6O8P. The molecule has 15 heteroatoms. The number of ether oxygens (including phenoxy) is 3. The first-order chi connectivity index (χ1) is 15.9. The first-order valence-corrected chi connectivity index (χ1v) is 12.4. The summed E-state index contributed by atoms with van der Waals surface area (Å²) >= 11 is 0. The second-order valence-corrected chi connectivity index (χ2v) is 10.3. The first-order valence-electron chi connectivity index (χ1n) is 10.9. The molecule has 14 nitrogen and oxygen atoms in total. The van der Waals surface area contributed by atoms with Crippen molar-refractivity contribution in [1.29, 1.82) is 0 Å². The Bertz CT molecular complexity index is 1120. The third kappa shape index (κ3) is 4.49. The fraction of sp³-hybridized carbons (Fsp3) is 0.684. The summed E-state index contributed by atoms with van der Waals surface area (Å²) in [5.74, 6) is -0.447. The highest BCUT2D eigenvalue weighted by molar-refractivity contribution is 7.51. The van der Waals surface area contributed by atoms with Gasteiger partial charge in [-0.15, -0.1) is 0 Å². The molecule has 0 radical (unpaired) electrons. The number of esters is 1. The highest BCUT2D eigenvalue weighted by Gasteiger charge is 2.60. The molecule has 2 fully saturated rings. The number of nitrogens with zero attached hydrogens (tertiary/aromatic N) is 4. The molecule has 0 saturated carbocycles. The molecule has 0 unspecified atom stereocenters. The van der Waals surface area contributed by atoms with Crippen LogP contribution in [0.15, 0.2) is 6.33 Å². The smallest absolute Gasteiger partial charge is 0.406 e. The molecular weight excluding hydrogens is 471 g/mol. The van der Waals surface area contributed by atoms with E-state index in [-0.39, 0.29) is 30.2 Å². The topological polar surface area (TPSA) is 182 Å². The van der Waals surface area contributed by atoms with E-state index in [9.17, 15) is 14.5 Å². The summed E-state index contributed by atoms with van der Waals surface area (Å²) in [6.45, 7) is 8.35. The Morgan fingerprint density at radius 3 is 2.85 bits per heavy atom. The summed E-state index contributed by atoms with van der Waals surface area (Å²) in [4.78, 5) is 24.7. The van der Waals surface area contributed by atoms with Crippen molar-refractivity contribution in [2.24, 2.45) is 0 Å². The molecule has 2 aromatic rings. The minimum Gasteiger partial charge on any atom is -0.476 e.